The van der Waals surface area contributed by atoms with Gasteiger partial charge in [-0.3, -0.25) is 9.80 Å². The summed E-state index contributed by atoms with van der Waals surface area (Å²) in [6.07, 6.45) is 1.26. The first-order valence-corrected chi connectivity index (χ1v) is 7.13. The quantitative estimate of drug-likeness (QED) is 0.597. The largest absolute Gasteiger partial charge is 0.464 e. The average Bonchev–Trinajstić information content (AvgIpc) is 3.10. The van der Waals surface area contributed by atoms with E-state index in [4.69, 9.17) is 4.74 Å². The lowest BCUT2D eigenvalue weighted by molar-refractivity contribution is -0.139. The molecule has 0 bridgehead atoms. The van der Waals surface area contributed by atoms with Crippen LogP contribution >= 0.6 is 0 Å². The first kappa shape index (κ1) is 12.4. The molecule has 2 fully saturated rings. The molecular formula is C15H15N3O3. The van der Waals surface area contributed by atoms with Gasteiger partial charge in [-0.2, -0.15) is 0 Å². The van der Waals surface area contributed by atoms with Crippen molar-refractivity contribution in [2.45, 2.75) is 25.3 Å². The number of nitrogens with zero attached hydrogens (tertiary/aromatic N) is 3. The van der Waals surface area contributed by atoms with Crippen LogP contribution < -0.4 is 10.6 Å². The van der Waals surface area contributed by atoms with Crippen molar-refractivity contribution in [3.63, 3.8) is 0 Å². The Hall–Kier alpha value is -2.37. The number of ether oxygens (including phenoxy) is 1. The Morgan fingerprint density at radius 2 is 2.14 bits per heavy atom. The minimum atomic E-state index is -0.641. The minimum absolute atomic E-state index is 0.117. The maximum atomic E-state index is 12.8. The van der Waals surface area contributed by atoms with Gasteiger partial charge in [0, 0.05) is 12.8 Å². The predicted octanol–water partition coefficient (Wildman–Crippen LogP) is 0.596. The van der Waals surface area contributed by atoms with E-state index in [1.165, 1.54) is 0 Å². The second-order valence-corrected chi connectivity index (χ2v) is 5.49. The smallest absolute Gasteiger partial charge is 0.335 e. The fourth-order valence-corrected chi connectivity index (χ4v) is 3.05. The fraction of sp³-hybridized carbons (Fsp3) is 0.400. The van der Waals surface area contributed by atoms with Gasteiger partial charge in [0.05, 0.1) is 24.1 Å². The molecule has 0 amide bonds. The number of benzene rings is 1. The van der Waals surface area contributed by atoms with Gasteiger partial charge in [0.15, 0.2) is 5.54 Å². The molecule has 0 aliphatic carbocycles. The number of carbonyl (C=O) groups excluding carboxylic acids is 1. The van der Waals surface area contributed by atoms with E-state index in [-0.39, 0.29) is 11.5 Å². The monoisotopic (exact) mass is 285 g/mol. The van der Waals surface area contributed by atoms with Gasteiger partial charge >= 0.3 is 5.97 Å². The molecule has 2 aromatic rings. The van der Waals surface area contributed by atoms with Gasteiger partial charge in [0.25, 0.3) is 5.56 Å². The number of fused-ring (bicyclic) bond motifs is 1. The van der Waals surface area contributed by atoms with Gasteiger partial charge < -0.3 is 4.74 Å². The Kier molecular flexibility index (Phi) is 2.40. The van der Waals surface area contributed by atoms with Gasteiger partial charge in [0.2, 0.25) is 0 Å². The number of cyclic esters (lactones) is 1. The summed E-state index contributed by atoms with van der Waals surface area (Å²) < 4.78 is 6.63. The van der Waals surface area contributed by atoms with Crippen molar-refractivity contribution in [1.82, 2.24) is 9.66 Å². The highest BCUT2D eigenvalue weighted by Crippen LogP contribution is 2.38. The van der Waals surface area contributed by atoms with Gasteiger partial charge in [-0.25, -0.2) is 14.5 Å². The molecule has 1 atom stereocenters. The van der Waals surface area contributed by atoms with E-state index in [1.54, 1.807) is 15.8 Å². The molecule has 1 aromatic carbocycles. The molecule has 2 saturated heterocycles. The van der Waals surface area contributed by atoms with Crippen LogP contribution in [0.1, 0.15) is 19.2 Å². The summed E-state index contributed by atoms with van der Waals surface area (Å²) in [5.74, 6) is 0.444. The second-order valence-electron chi connectivity index (χ2n) is 5.49. The van der Waals surface area contributed by atoms with E-state index in [9.17, 15) is 9.59 Å². The number of rotatable bonds is 2. The maximum absolute atomic E-state index is 12.8. The lowest BCUT2D eigenvalue weighted by Crippen LogP contribution is -2.39. The molecule has 4 rings (SSSR count). The molecule has 3 heterocycles. The third kappa shape index (κ3) is 1.55. The molecule has 21 heavy (non-hydrogen) atoms. The van der Waals surface area contributed by atoms with Crippen molar-refractivity contribution in [3.05, 3.63) is 40.4 Å². The Morgan fingerprint density at radius 3 is 2.86 bits per heavy atom. The summed E-state index contributed by atoms with van der Waals surface area (Å²) in [7, 11) is 0. The molecular weight excluding hydrogens is 270 g/mol. The zero-order chi connectivity index (χ0) is 14.6. The third-order valence-corrected chi connectivity index (χ3v) is 4.31. The predicted molar refractivity (Wildman–Crippen MR) is 76.8 cm³/mol. The number of hydrogen-bond acceptors (Lipinski definition) is 5. The first-order valence-electron chi connectivity index (χ1n) is 7.13. The van der Waals surface area contributed by atoms with E-state index >= 15 is 0 Å². The van der Waals surface area contributed by atoms with Crippen molar-refractivity contribution < 1.29 is 9.53 Å². The second kappa shape index (κ2) is 4.07. The molecule has 0 saturated carbocycles. The highest BCUT2D eigenvalue weighted by atomic mass is 16.5. The zero-order valence-corrected chi connectivity index (χ0v) is 11.7. The molecule has 0 N–H and O–H groups in total. The van der Waals surface area contributed by atoms with Crippen molar-refractivity contribution in [2.75, 3.05) is 18.2 Å². The molecule has 0 unspecified atom stereocenters. The molecule has 108 valence electrons. The van der Waals surface area contributed by atoms with Crippen LogP contribution in [0, 0.1) is 0 Å². The molecule has 2 aliphatic rings. The van der Waals surface area contributed by atoms with Crippen LogP contribution in [-0.4, -0.2) is 34.3 Å². The Bertz CT molecular complexity index is 813. The van der Waals surface area contributed by atoms with Crippen molar-refractivity contribution >= 4 is 16.9 Å². The van der Waals surface area contributed by atoms with Crippen molar-refractivity contribution in [2.24, 2.45) is 0 Å². The molecule has 0 radical (unpaired) electrons. The molecule has 6 heteroatoms. The average molecular weight is 285 g/mol. The number of aromatic nitrogens is 2. The highest BCUT2D eigenvalue weighted by molar-refractivity contribution is 5.90. The van der Waals surface area contributed by atoms with Gasteiger partial charge in [-0.1, -0.05) is 19.1 Å². The minimum Gasteiger partial charge on any atom is -0.464 e. The van der Waals surface area contributed by atoms with Crippen molar-refractivity contribution in [1.29, 1.82) is 0 Å². The van der Waals surface area contributed by atoms with Crippen LogP contribution in [-0.2, 0) is 16.0 Å². The molecule has 1 aromatic heterocycles. The molecule has 2 aliphatic heterocycles. The van der Waals surface area contributed by atoms with Crippen LogP contribution in [0.5, 0.6) is 0 Å². The summed E-state index contributed by atoms with van der Waals surface area (Å²) in [4.78, 5) is 29.2. The third-order valence-electron chi connectivity index (χ3n) is 4.31. The van der Waals surface area contributed by atoms with Gasteiger partial charge in [-0.15, -0.1) is 0 Å². The van der Waals surface area contributed by atoms with E-state index < -0.39 is 5.54 Å². The maximum Gasteiger partial charge on any atom is 0.335 e. The van der Waals surface area contributed by atoms with Crippen LogP contribution in [0.15, 0.2) is 29.1 Å². The summed E-state index contributed by atoms with van der Waals surface area (Å²) in [6, 6.07) is 7.29. The normalized spacial score (nSPS) is 23.9. The summed E-state index contributed by atoms with van der Waals surface area (Å²) in [6.45, 7) is 2.90. The summed E-state index contributed by atoms with van der Waals surface area (Å²) >= 11 is 0. The van der Waals surface area contributed by atoms with Crippen LogP contribution in [0.4, 0.5) is 0 Å². The lowest BCUT2D eigenvalue weighted by atomic mass is 10.1. The molecule has 1 spiro atoms. The Labute approximate surface area is 120 Å². The van der Waals surface area contributed by atoms with Crippen LogP contribution in [0.3, 0.4) is 0 Å². The van der Waals surface area contributed by atoms with Crippen LogP contribution in [0.25, 0.3) is 10.9 Å². The van der Waals surface area contributed by atoms with Crippen LogP contribution in [0.2, 0.25) is 0 Å². The van der Waals surface area contributed by atoms with Gasteiger partial charge in [-0.05, 0) is 12.1 Å². The first-order chi connectivity index (χ1) is 10.2. The number of carbonyl (C=O) groups is 1. The Balaban J connectivity index is 1.91. The van der Waals surface area contributed by atoms with E-state index in [1.807, 2.05) is 25.1 Å². The number of hydrogen-bond donors (Lipinski definition) is 0. The van der Waals surface area contributed by atoms with Gasteiger partial charge in [0.1, 0.15) is 5.82 Å². The molecule has 6 nitrogen and oxygen atoms in total. The number of para-hydroxylation sites is 1. The number of esters is 1. The lowest BCUT2D eigenvalue weighted by Gasteiger charge is -2.16. The summed E-state index contributed by atoms with van der Waals surface area (Å²) in [5.41, 5.74) is -0.0627. The van der Waals surface area contributed by atoms with E-state index in [0.29, 0.717) is 42.7 Å². The topological polar surface area (TPSA) is 64.2 Å². The highest BCUT2D eigenvalue weighted by Gasteiger charge is 2.64. The fourth-order valence-electron chi connectivity index (χ4n) is 3.05. The van der Waals surface area contributed by atoms with E-state index in [0.717, 1.165) is 0 Å². The standard InChI is InChI=1S/C15H15N3O3/c1-2-12-16-11-6-4-3-5-10(11)13(19)18(12)17-9-15(17)7-8-21-14(15)20/h3-6H,2,7-9H2,1H3/t15-,17?/m0/s1. The zero-order valence-electron chi connectivity index (χ0n) is 11.7. The Morgan fingerprint density at radius 1 is 1.33 bits per heavy atom. The van der Waals surface area contributed by atoms with Crippen molar-refractivity contribution in [3.8, 4) is 0 Å². The SMILES string of the molecule is CCc1nc2ccccc2c(=O)n1N1C[C@]12CCOC2=O. The van der Waals surface area contributed by atoms with E-state index in [2.05, 4.69) is 4.98 Å². The number of aryl methyl sites for hydroxylation is 1. The summed E-state index contributed by atoms with van der Waals surface area (Å²) in [5, 5.41) is 2.37.